The van der Waals surface area contributed by atoms with E-state index in [0.717, 1.165) is 0 Å². The number of rotatable bonds is 6. The molecule has 0 bridgehead atoms. The van der Waals surface area contributed by atoms with Gasteiger partial charge in [-0.15, -0.1) is 6.58 Å². The molecule has 0 N–H and O–H groups in total. The van der Waals surface area contributed by atoms with Crippen LogP contribution < -0.4 is 4.57 Å². The second kappa shape index (κ2) is 9.00. The number of carbonyl (C=O) groups is 1. The van der Waals surface area contributed by atoms with Crippen molar-refractivity contribution in [1.29, 1.82) is 0 Å². The SMILES string of the molecule is C=CCN=C([S-])[C@H](C(=O)c1ccc(C(C)(C)C)cc1)[n+]1ccc(C(C)(C)C)cc1. The lowest BCUT2D eigenvalue weighted by molar-refractivity contribution is -0.692. The normalized spacial score (nSPS) is 13.8. The number of benzene rings is 1. The van der Waals surface area contributed by atoms with Crippen LogP contribution in [0.3, 0.4) is 0 Å². The molecule has 0 fully saturated rings. The van der Waals surface area contributed by atoms with E-state index in [0.29, 0.717) is 17.2 Å². The zero-order valence-electron chi connectivity index (χ0n) is 18.4. The molecule has 0 aliphatic heterocycles. The molecule has 154 valence electrons. The summed E-state index contributed by atoms with van der Waals surface area (Å²) in [5, 5.41) is 0.364. The van der Waals surface area contributed by atoms with Crippen molar-refractivity contribution in [3.63, 3.8) is 0 Å². The number of pyridine rings is 1. The van der Waals surface area contributed by atoms with E-state index in [1.54, 1.807) is 6.08 Å². The van der Waals surface area contributed by atoms with Gasteiger partial charge in [0, 0.05) is 17.7 Å². The minimum Gasteiger partial charge on any atom is -0.758 e. The molecule has 0 saturated carbocycles. The molecule has 0 saturated heterocycles. The van der Waals surface area contributed by atoms with E-state index in [4.69, 9.17) is 12.6 Å². The highest BCUT2D eigenvalue weighted by Gasteiger charge is 2.29. The highest BCUT2D eigenvalue weighted by Crippen LogP contribution is 2.24. The van der Waals surface area contributed by atoms with Crippen molar-refractivity contribution in [1.82, 2.24) is 0 Å². The Hall–Kier alpha value is -2.33. The second-order valence-corrected chi connectivity index (χ2v) is 9.76. The third kappa shape index (κ3) is 5.83. The molecule has 0 amide bonds. The molecule has 29 heavy (non-hydrogen) atoms. The molecular formula is C25H32N2OS. The van der Waals surface area contributed by atoms with Crippen LogP contribution in [-0.4, -0.2) is 17.4 Å². The van der Waals surface area contributed by atoms with Gasteiger partial charge in [0.05, 0.1) is 6.54 Å². The molecule has 0 aliphatic rings. The van der Waals surface area contributed by atoms with Crippen LogP contribution in [-0.2, 0) is 23.5 Å². The number of Topliss-reactive ketones (excluding diaryl/α,β-unsaturated/α-hetero) is 1. The van der Waals surface area contributed by atoms with Crippen LogP contribution in [0, 0.1) is 0 Å². The van der Waals surface area contributed by atoms with E-state index in [-0.39, 0.29) is 16.6 Å². The van der Waals surface area contributed by atoms with Gasteiger partial charge in [-0.3, -0.25) is 4.79 Å². The highest BCUT2D eigenvalue weighted by atomic mass is 32.1. The number of carbonyl (C=O) groups excluding carboxylic acids is 1. The molecule has 2 rings (SSSR count). The highest BCUT2D eigenvalue weighted by molar-refractivity contribution is 7.77. The summed E-state index contributed by atoms with van der Waals surface area (Å²) in [7, 11) is 0. The van der Waals surface area contributed by atoms with Crippen LogP contribution in [0.1, 0.15) is 69.1 Å². The Balaban J connectivity index is 2.45. The molecule has 0 aliphatic carbocycles. The summed E-state index contributed by atoms with van der Waals surface area (Å²) in [6.07, 6.45) is 5.52. The Labute approximate surface area is 181 Å². The van der Waals surface area contributed by atoms with Crippen molar-refractivity contribution in [3.05, 3.63) is 78.1 Å². The van der Waals surface area contributed by atoms with Crippen molar-refractivity contribution < 1.29 is 9.36 Å². The number of ketones is 1. The van der Waals surface area contributed by atoms with Crippen molar-refractivity contribution >= 4 is 23.5 Å². The number of aromatic nitrogens is 1. The molecule has 1 aromatic heterocycles. The second-order valence-electron chi connectivity index (χ2n) is 9.35. The predicted molar refractivity (Wildman–Crippen MR) is 124 cm³/mol. The zero-order chi connectivity index (χ0) is 21.8. The monoisotopic (exact) mass is 408 g/mol. The van der Waals surface area contributed by atoms with Crippen molar-refractivity contribution in [3.8, 4) is 0 Å². The van der Waals surface area contributed by atoms with Crippen LogP contribution in [0.4, 0.5) is 0 Å². The molecule has 2 aromatic rings. The number of hydrogen-bond donors (Lipinski definition) is 0. The molecule has 0 radical (unpaired) electrons. The third-order valence-electron chi connectivity index (χ3n) is 4.91. The van der Waals surface area contributed by atoms with Gasteiger partial charge in [0.15, 0.2) is 12.4 Å². The molecule has 1 atom stereocenters. The Bertz CT molecular complexity index is 882. The molecule has 4 heteroatoms. The smallest absolute Gasteiger partial charge is 0.237 e. The summed E-state index contributed by atoms with van der Waals surface area (Å²) in [5.74, 6) is -0.0585. The van der Waals surface area contributed by atoms with E-state index in [1.165, 1.54) is 11.1 Å². The van der Waals surface area contributed by atoms with Gasteiger partial charge in [0.2, 0.25) is 11.8 Å². The summed E-state index contributed by atoms with van der Waals surface area (Å²) < 4.78 is 1.85. The summed E-state index contributed by atoms with van der Waals surface area (Å²) >= 11 is 5.53. The summed E-state index contributed by atoms with van der Waals surface area (Å²) in [4.78, 5) is 17.8. The average molecular weight is 409 g/mol. The first kappa shape index (κ1) is 23.0. The van der Waals surface area contributed by atoms with E-state index in [9.17, 15) is 4.79 Å². The topological polar surface area (TPSA) is 33.3 Å². The van der Waals surface area contributed by atoms with E-state index >= 15 is 0 Å². The summed E-state index contributed by atoms with van der Waals surface area (Å²) in [5.41, 5.74) is 3.09. The Morgan fingerprint density at radius 2 is 1.48 bits per heavy atom. The van der Waals surface area contributed by atoms with Gasteiger partial charge in [-0.2, -0.15) is 4.57 Å². The van der Waals surface area contributed by atoms with Gasteiger partial charge in [-0.25, -0.2) is 0 Å². The van der Waals surface area contributed by atoms with Crippen molar-refractivity contribution in [2.24, 2.45) is 4.99 Å². The molecule has 0 unspecified atom stereocenters. The minimum atomic E-state index is -0.653. The van der Waals surface area contributed by atoms with Crippen molar-refractivity contribution in [2.45, 2.75) is 58.4 Å². The maximum absolute atomic E-state index is 13.4. The fourth-order valence-electron chi connectivity index (χ4n) is 3.02. The van der Waals surface area contributed by atoms with Gasteiger partial charge in [0.25, 0.3) is 0 Å². The molecule has 1 heterocycles. The van der Waals surface area contributed by atoms with E-state index in [2.05, 4.69) is 53.1 Å². The van der Waals surface area contributed by atoms with Crippen LogP contribution in [0.2, 0.25) is 0 Å². The number of nitrogens with zero attached hydrogens (tertiary/aromatic N) is 2. The lowest BCUT2D eigenvalue weighted by Gasteiger charge is -2.22. The quantitative estimate of drug-likeness (QED) is 0.166. The van der Waals surface area contributed by atoms with Gasteiger partial charge in [0.1, 0.15) is 0 Å². The maximum Gasteiger partial charge on any atom is 0.237 e. The molecule has 3 nitrogen and oxygen atoms in total. The fourth-order valence-corrected chi connectivity index (χ4v) is 3.32. The lowest BCUT2D eigenvalue weighted by atomic mass is 9.86. The molecular weight excluding hydrogens is 376 g/mol. The van der Waals surface area contributed by atoms with Gasteiger partial charge >= 0.3 is 0 Å². The lowest BCUT2D eigenvalue weighted by Crippen LogP contribution is -2.48. The Kier molecular flexibility index (Phi) is 7.12. The Morgan fingerprint density at radius 3 is 1.93 bits per heavy atom. The van der Waals surface area contributed by atoms with Crippen molar-refractivity contribution in [2.75, 3.05) is 6.54 Å². The largest absolute Gasteiger partial charge is 0.758 e. The first-order valence-electron chi connectivity index (χ1n) is 9.93. The maximum atomic E-state index is 13.4. The predicted octanol–water partition coefficient (Wildman–Crippen LogP) is 5.12. The van der Waals surface area contributed by atoms with Gasteiger partial charge in [-0.1, -0.05) is 71.9 Å². The van der Waals surface area contributed by atoms with Gasteiger partial charge in [-0.05, 0) is 27.0 Å². The average Bonchev–Trinajstić information content (AvgIpc) is 2.65. The third-order valence-corrected chi connectivity index (χ3v) is 5.26. The van der Waals surface area contributed by atoms with Crippen LogP contribution in [0.25, 0.3) is 0 Å². The Morgan fingerprint density at radius 1 is 1.00 bits per heavy atom. The summed E-state index contributed by atoms with van der Waals surface area (Å²) in [6.45, 7) is 17.0. The first-order valence-corrected chi connectivity index (χ1v) is 10.3. The number of aliphatic imine (C=N–C) groups is 1. The molecule has 0 spiro atoms. The van der Waals surface area contributed by atoms with Crippen LogP contribution >= 0.6 is 0 Å². The first-order chi connectivity index (χ1) is 13.4. The van der Waals surface area contributed by atoms with Crippen LogP contribution in [0.5, 0.6) is 0 Å². The zero-order valence-corrected chi connectivity index (χ0v) is 19.2. The van der Waals surface area contributed by atoms with Gasteiger partial charge < -0.3 is 17.6 Å². The van der Waals surface area contributed by atoms with Crippen LogP contribution in [0.15, 0.2) is 66.4 Å². The number of hydrogen-bond acceptors (Lipinski definition) is 3. The molecule has 1 aromatic carbocycles. The van der Waals surface area contributed by atoms with E-state index < -0.39 is 6.04 Å². The summed E-state index contributed by atoms with van der Waals surface area (Å²) in [6, 6.07) is 11.2. The van der Waals surface area contributed by atoms with E-state index in [1.807, 2.05) is 53.4 Å². The fraction of sp³-hybridized carbons (Fsp3) is 0.400. The minimum absolute atomic E-state index is 0.0348. The standard InChI is InChI=1S/C25H32N2OS/c1-8-15-26-23(29)21(27-16-13-20(14-17-27)25(5,6)7)22(28)18-9-11-19(12-10-18)24(2,3)4/h8-14,16-17,21H,1,15H2,2-7H3/t21-/m0/s1.